The van der Waals surface area contributed by atoms with Crippen molar-refractivity contribution in [3.8, 4) is 0 Å². The second-order valence-corrected chi connectivity index (χ2v) is 6.20. The molecule has 0 spiro atoms. The van der Waals surface area contributed by atoms with Crippen molar-refractivity contribution in [2.45, 2.75) is 53.0 Å². The average molecular weight is 313 g/mol. The number of hydrogen-bond acceptors (Lipinski definition) is 2. The third kappa shape index (κ3) is 2.68. The van der Waals surface area contributed by atoms with Crippen LogP contribution in [-0.4, -0.2) is 15.6 Å². The summed E-state index contributed by atoms with van der Waals surface area (Å²) in [7, 11) is 0. The fraction of sp³-hybridized carbons (Fsp3) is 0.714. The lowest BCUT2D eigenvalue weighted by molar-refractivity contribution is -0.125. The normalized spacial score (nSPS) is 24.6. The number of rotatable bonds is 3. The van der Waals surface area contributed by atoms with Gasteiger partial charge in [-0.15, -0.1) is 0 Å². The number of hydrogen-bond donors (Lipinski definition) is 0. The smallest absolute Gasteiger partial charge is 0.136 e. The molecule has 0 bridgehead atoms. The lowest BCUT2D eigenvalue weighted by atomic mass is 9.79. The van der Waals surface area contributed by atoms with Gasteiger partial charge in [0.1, 0.15) is 5.78 Å². The van der Waals surface area contributed by atoms with Gasteiger partial charge in [-0.1, -0.05) is 6.92 Å². The van der Waals surface area contributed by atoms with Gasteiger partial charge in [-0.2, -0.15) is 5.10 Å². The monoisotopic (exact) mass is 312 g/mol. The molecule has 4 heteroatoms. The minimum absolute atomic E-state index is 0.187. The van der Waals surface area contributed by atoms with Gasteiger partial charge in [-0.3, -0.25) is 9.48 Å². The van der Waals surface area contributed by atoms with Crippen LogP contribution < -0.4 is 0 Å². The number of carbonyl (C=O) groups excluding carboxylic acids is 1. The first-order valence-corrected chi connectivity index (χ1v) is 7.56. The highest BCUT2D eigenvalue weighted by molar-refractivity contribution is 9.10. The molecule has 1 aliphatic carbocycles. The van der Waals surface area contributed by atoms with Gasteiger partial charge >= 0.3 is 0 Å². The predicted molar refractivity (Wildman–Crippen MR) is 75.6 cm³/mol. The van der Waals surface area contributed by atoms with E-state index in [2.05, 4.69) is 34.9 Å². The number of carbonyl (C=O) groups is 1. The molecule has 0 N–H and O–H groups in total. The van der Waals surface area contributed by atoms with E-state index in [1.54, 1.807) is 0 Å². The highest BCUT2D eigenvalue weighted by atomic mass is 79.9. The van der Waals surface area contributed by atoms with E-state index in [1.807, 2.05) is 11.6 Å². The van der Waals surface area contributed by atoms with E-state index in [0.29, 0.717) is 11.7 Å². The van der Waals surface area contributed by atoms with Gasteiger partial charge in [-0.25, -0.2) is 0 Å². The molecule has 0 radical (unpaired) electrons. The molecule has 1 fully saturated rings. The van der Waals surface area contributed by atoms with Crippen molar-refractivity contribution < 1.29 is 4.79 Å². The molecule has 2 unspecified atom stereocenters. The van der Waals surface area contributed by atoms with E-state index >= 15 is 0 Å². The average Bonchev–Trinajstić information content (AvgIpc) is 2.61. The Kier molecular flexibility index (Phi) is 4.25. The Morgan fingerprint density at radius 1 is 1.50 bits per heavy atom. The molecule has 0 saturated heterocycles. The number of aryl methyl sites for hydroxylation is 2. The zero-order valence-electron chi connectivity index (χ0n) is 11.4. The number of halogens is 1. The van der Waals surface area contributed by atoms with Gasteiger partial charge in [0.2, 0.25) is 0 Å². The van der Waals surface area contributed by atoms with Crippen molar-refractivity contribution in [1.29, 1.82) is 0 Å². The Labute approximate surface area is 117 Å². The maximum absolute atomic E-state index is 12.0. The van der Waals surface area contributed by atoms with Gasteiger partial charge in [0.05, 0.1) is 15.9 Å². The lowest BCUT2D eigenvalue weighted by Crippen LogP contribution is -2.26. The molecule has 2 rings (SSSR count). The number of Topliss-reactive ketones (excluding diaryl/α,β-unsaturated/α-hetero) is 1. The zero-order chi connectivity index (χ0) is 13.3. The summed E-state index contributed by atoms with van der Waals surface area (Å²) in [6, 6.07) is 0. The van der Waals surface area contributed by atoms with Crippen LogP contribution in [0, 0.1) is 18.8 Å². The van der Waals surface area contributed by atoms with E-state index in [-0.39, 0.29) is 5.92 Å². The first-order valence-electron chi connectivity index (χ1n) is 6.77. The minimum Gasteiger partial charge on any atom is -0.299 e. The number of aromatic nitrogens is 2. The van der Waals surface area contributed by atoms with E-state index in [0.717, 1.165) is 42.4 Å². The van der Waals surface area contributed by atoms with Crippen molar-refractivity contribution in [2.24, 2.45) is 11.8 Å². The summed E-state index contributed by atoms with van der Waals surface area (Å²) >= 11 is 3.61. The fourth-order valence-corrected chi connectivity index (χ4v) is 3.27. The van der Waals surface area contributed by atoms with Crippen molar-refractivity contribution in [2.75, 3.05) is 0 Å². The molecule has 3 nitrogen and oxygen atoms in total. The maximum atomic E-state index is 12.0. The molecule has 1 saturated carbocycles. The summed E-state index contributed by atoms with van der Waals surface area (Å²) in [5, 5.41) is 4.50. The molecular weight excluding hydrogens is 292 g/mol. The van der Waals surface area contributed by atoms with Crippen LogP contribution in [0.1, 0.15) is 44.5 Å². The van der Waals surface area contributed by atoms with Crippen LogP contribution in [0.3, 0.4) is 0 Å². The molecule has 1 heterocycles. The quantitative estimate of drug-likeness (QED) is 0.856. The molecular formula is C14H21BrN2O. The molecule has 100 valence electrons. The van der Waals surface area contributed by atoms with Crippen LogP contribution >= 0.6 is 15.9 Å². The minimum atomic E-state index is 0.187. The van der Waals surface area contributed by atoms with Crippen molar-refractivity contribution in [3.05, 3.63) is 15.9 Å². The summed E-state index contributed by atoms with van der Waals surface area (Å²) in [6.07, 6.45) is 3.67. The summed E-state index contributed by atoms with van der Waals surface area (Å²) < 4.78 is 3.10. The van der Waals surface area contributed by atoms with Gasteiger partial charge in [0.15, 0.2) is 0 Å². The highest BCUT2D eigenvalue weighted by Gasteiger charge is 2.28. The molecule has 0 amide bonds. The number of ketones is 1. The van der Waals surface area contributed by atoms with Crippen molar-refractivity contribution in [1.82, 2.24) is 9.78 Å². The molecule has 18 heavy (non-hydrogen) atoms. The van der Waals surface area contributed by atoms with Crippen LogP contribution in [-0.2, 0) is 17.8 Å². The summed E-state index contributed by atoms with van der Waals surface area (Å²) in [5.74, 6) is 1.29. The molecule has 1 aromatic rings. The van der Waals surface area contributed by atoms with Gasteiger partial charge in [0.25, 0.3) is 0 Å². The van der Waals surface area contributed by atoms with Crippen LogP contribution in [0.25, 0.3) is 0 Å². The fourth-order valence-electron chi connectivity index (χ4n) is 2.82. The van der Waals surface area contributed by atoms with E-state index < -0.39 is 0 Å². The second kappa shape index (κ2) is 5.55. The maximum Gasteiger partial charge on any atom is 0.136 e. The Morgan fingerprint density at radius 3 is 2.89 bits per heavy atom. The molecule has 0 aliphatic heterocycles. The molecule has 1 aliphatic rings. The predicted octanol–water partition coefficient (Wildman–Crippen LogP) is 3.52. The standard InChI is InChI=1S/C14H21BrN2O/c1-4-17-12(14(15)10(3)16-17)8-11-7-9(2)5-6-13(11)18/h9,11H,4-8H2,1-3H3. The molecule has 1 aromatic heterocycles. The third-order valence-electron chi connectivity index (χ3n) is 3.92. The van der Waals surface area contributed by atoms with Crippen molar-refractivity contribution in [3.63, 3.8) is 0 Å². The Balaban J connectivity index is 2.20. The van der Waals surface area contributed by atoms with Crippen LogP contribution in [0.4, 0.5) is 0 Å². The highest BCUT2D eigenvalue weighted by Crippen LogP contribution is 2.31. The van der Waals surface area contributed by atoms with E-state index in [9.17, 15) is 4.79 Å². The van der Waals surface area contributed by atoms with E-state index in [1.165, 1.54) is 5.69 Å². The Bertz CT molecular complexity index is 453. The Morgan fingerprint density at radius 2 is 2.22 bits per heavy atom. The third-order valence-corrected chi connectivity index (χ3v) is 4.95. The largest absolute Gasteiger partial charge is 0.299 e. The zero-order valence-corrected chi connectivity index (χ0v) is 13.0. The summed E-state index contributed by atoms with van der Waals surface area (Å²) in [4.78, 5) is 12.0. The molecule has 2 atom stereocenters. The summed E-state index contributed by atoms with van der Waals surface area (Å²) in [6.45, 7) is 7.20. The second-order valence-electron chi connectivity index (χ2n) is 5.41. The topological polar surface area (TPSA) is 34.9 Å². The Hall–Kier alpha value is -0.640. The van der Waals surface area contributed by atoms with Crippen LogP contribution in [0.2, 0.25) is 0 Å². The van der Waals surface area contributed by atoms with Gasteiger partial charge in [-0.05, 0) is 48.5 Å². The molecule has 0 aromatic carbocycles. The van der Waals surface area contributed by atoms with Gasteiger partial charge < -0.3 is 0 Å². The van der Waals surface area contributed by atoms with Crippen LogP contribution in [0.5, 0.6) is 0 Å². The van der Waals surface area contributed by atoms with Gasteiger partial charge in [0, 0.05) is 25.3 Å². The van der Waals surface area contributed by atoms with E-state index in [4.69, 9.17) is 0 Å². The first kappa shape index (κ1) is 13.8. The number of nitrogens with zero attached hydrogens (tertiary/aromatic N) is 2. The van der Waals surface area contributed by atoms with Crippen LogP contribution in [0.15, 0.2) is 4.47 Å². The SMILES string of the molecule is CCn1nc(C)c(Br)c1CC1CC(C)CCC1=O. The summed E-state index contributed by atoms with van der Waals surface area (Å²) in [5.41, 5.74) is 2.20. The first-order chi connectivity index (χ1) is 8.52. The lowest BCUT2D eigenvalue weighted by Gasteiger charge is -2.25. The van der Waals surface area contributed by atoms with Crippen molar-refractivity contribution >= 4 is 21.7 Å².